The van der Waals surface area contributed by atoms with E-state index in [0.29, 0.717) is 39.0 Å². The molecule has 2 rings (SSSR count). The molecular formula is C16H22ClNO4. The minimum atomic E-state index is -0.812. The molecule has 0 spiro atoms. The first kappa shape index (κ1) is 18.3. The number of aliphatic carboxylic acids is 1. The molecule has 1 aliphatic rings. The number of likely N-dealkylation sites (tertiary alicyclic amines) is 1. The fourth-order valence-electron chi connectivity index (χ4n) is 2.47. The maximum absolute atomic E-state index is 12.0. The molecule has 1 atom stereocenters. The van der Waals surface area contributed by atoms with Gasteiger partial charge >= 0.3 is 5.97 Å². The van der Waals surface area contributed by atoms with Gasteiger partial charge in [0.25, 0.3) is 0 Å². The van der Waals surface area contributed by atoms with Crippen LogP contribution in [0.5, 0.6) is 5.75 Å². The number of nitrogens with zero attached hydrogens (tertiary/aromatic N) is 1. The molecule has 1 aromatic rings. The van der Waals surface area contributed by atoms with Gasteiger partial charge in [-0.1, -0.05) is 12.1 Å². The van der Waals surface area contributed by atoms with Crippen molar-refractivity contribution in [2.75, 3.05) is 19.7 Å². The molecule has 22 heavy (non-hydrogen) atoms. The maximum Gasteiger partial charge on any atom is 0.308 e. The zero-order valence-corrected chi connectivity index (χ0v) is 13.5. The number of rotatable bonds is 6. The van der Waals surface area contributed by atoms with Crippen LogP contribution in [0.15, 0.2) is 24.3 Å². The molecule has 0 saturated carbocycles. The van der Waals surface area contributed by atoms with E-state index in [1.165, 1.54) is 0 Å². The quantitative estimate of drug-likeness (QED) is 0.815. The highest BCUT2D eigenvalue weighted by Gasteiger charge is 2.30. The Morgan fingerprint density at radius 2 is 2.18 bits per heavy atom. The van der Waals surface area contributed by atoms with Gasteiger partial charge in [0.15, 0.2) is 0 Å². The van der Waals surface area contributed by atoms with Gasteiger partial charge in [-0.15, -0.1) is 12.4 Å². The highest BCUT2D eigenvalue weighted by molar-refractivity contribution is 5.85. The predicted octanol–water partition coefficient (Wildman–Crippen LogP) is 2.51. The standard InChI is InChI=1S/C16H21NO4.ClH/c1-12-4-2-5-14(10-12)21-9-3-6-15(18)17-8-7-13(11-17)16(19)20;/h2,4-5,10,13H,3,6-9,11H2,1H3,(H,19,20);1H. The van der Waals surface area contributed by atoms with Crippen LogP contribution in [0.3, 0.4) is 0 Å². The number of carboxylic acid groups (broad SMARTS) is 1. The minimum absolute atomic E-state index is 0. The Hall–Kier alpha value is -1.75. The fourth-order valence-corrected chi connectivity index (χ4v) is 2.47. The summed E-state index contributed by atoms with van der Waals surface area (Å²) in [5.41, 5.74) is 1.14. The third-order valence-corrected chi connectivity index (χ3v) is 3.68. The van der Waals surface area contributed by atoms with Crippen LogP contribution < -0.4 is 4.74 Å². The number of hydrogen-bond acceptors (Lipinski definition) is 3. The van der Waals surface area contributed by atoms with E-state index in [1.807, 2.05) is 31.2 Å². The van der Waals surface area contributed by atoms with Gasteiger partial charge in [0.05, 0.1) is 12.5 Å². The molecule has 6 heteroatoms. The van der Waals surface area contributed by atoms with Gasteiger partial charge in [0, 0.05) is 19.5 Å². The number of hydrogen-bond donors (Lipinski definition) is 1. The fraction of sp³-hybridized carbons (Fsp3) is 0.500. The first-order chi connectivity index (χ1) is 10.1. The Labute approximate surface area is 136 Å². The van der Waals surface area contributed by atoms with E-state index in [-0.39, 0.29) is 18.3 Å². The second kappa shape index (κ2) is 8.63. The van der Waals surface area contributed by atoms with Gasteiger partial charge in [-0.2, -0.15) is 0 Å². The molecule has 1 N–H and O–H groups in total. The predicted molar refractivity (Wildman–Crippen MR) is 85.5 cm³/mol. The summed E-state index contributed by atoms with van der Waals surface area (Å²) in [5, 5.41) is 8.92. The van der Waals surface area contributed by atoms with Crippen LogP contribution >= 0.6 is 12.4 Å². The number of carboxylic acids is 1. The normalized spacial score (nSPS) is 17.0. The van der Waals surface area contributed by atoms with Gasteiger partial charge in [-0.25, -0.2) is 0 Å². The summed E-state index contributed by atoms with van der Waals surface area (Å²) in [6, 6.07) is 7.79. The lowest BCUT2D eigenvalue weighted by Crippen LogP contribution is -2.30. The maximum atomic E-state index is 12.0. The highest BCUT2D eigenvalue weighted by Crippen LogP contribution is 2.18. The number of benzene rings is 1. The van der Waals surface area contributed by atoms with Crippen molar-refractivity contribution < 1.29 is 19.4 Å². The number of aryl methyl sites for hydroxylation is 1. The molecule has 1 heterocycles. The Kier molecular flexibility index (Phi) is 7.18. The Bertz CT molecular complexity index is 521. The second-order valence-electron chi connectivity index (χ2n) is 5.43. The average molecular weight is 328 g/mol. The minimum Gasteiger partial charge on any atom is -0.494 e. The summed E-state index contributed by atoms with van der Waals surface area (Å²) in [6.45, 7) is 3.38. The third-order valence-electron chi connectivity index (χ3n) is 3.68. The van der Waals surface area contributed by atoms with Crippen molar-refractivity contribution in [2.24, 2.45) is 5.92 Å². The van der Waals surface area contributed by atoms with Crippen molar-refractivity contribution in [3.05, 3.63) is 29.8 Å². The summed E-state index contributed by atoms with van der Waals surface area (Å²) in [4.78, 5) is 24.5. The number of halogens is 1. The van der Waals surface area contributed by atoms with Gasteiger partial charge in [0.1, 0.15) is 5.75 Å². The highest BCUT2D eigenvalue weighted by atomic mass is 35.5. The third kappa shape index (κ3) is 5.22. The molecule has 1 saturated heterocycles. The second-order valence-corrected chi connectivity index (χ2v) is 5.43. The van der Waals surface area contributed by atoms with Crippen molar-refractivity contribution in [3.8, 4) is 5.75 Å². The molecule has 1 unspecified atom stereocenters. The smallest absolute Gasteiger partial charge is 0.308 e. The van der Waals surface area contributed by atoms with E-state index in [9.17, 15) is 9.59 Å². The summed E-state index contributed by atoms with van der Waals surface area (Å²) in [5.74, 6) is -0.383. The van der Waals surface area contributed by atoms with Crippen LogP contribution in [0, 0.1) is 12.8 Å². The number of carbonyl (C=O) groups excluding carboxylic acids is 1. The topological polar surface area (TPSA) is 66.8 Å². The Morgan fingerprint density at radius 3 is 2.82 bits per heavy atom. The lowest BCUT2D eigenvalue weighted by atomic mass is 10.1. The molecule has 0 aromatic heterocycles. The van der Waals surface area contributed by atoms with Crippen molar-refractivity contribution in [1.82, 2.24) is 4.90 Å². The van der Waals surface area contributed by atoms with Crippen LogP contribution in [0.4, 0.5) is 0 Å². The first-order valence-corrected chi connectivity index (χ1v) is 7.26. The molecule has 1 fully saturated rings. The molecule has 1 aliphatic heterocycles. The van der Waals surface area contributed by atoms with E-state index < -0.39 is 11.9 Å². The zero-order valence-electron chi connectivity index (χ0n) is 12.7. The number of ether oxygens (including phenoxy) is 1. The van der Waals surface area contributed by atoms with Gasteiger partial charge in [-0.05, 0) is 37.5 Å². The van der Waals surface area contributed by atoms with Gasteiger partial charge < -0.3 is 14.7 Å². The van der Waals surface area contributed by atoms with Crippen molar-refractivity contribution in [1.29, 1.82) is 0 Å². The van der Waals surface area contributed by atoms with E-state index >= 15 is 0 Å². The zero-order chi connectivity index (χ0) is 15.2. The molecule has 0 bridgehead atoms. The van der Waals surface area contributed by atoms with E-state index in [0.717, 1.165) is 11.3 Å². The average Bonchev–Trinajstić information content (AvgIpc) is 2.93. The van der Waals surface area contributed by atoms with Crippen LogP contribution in [-0.2, 0) is 9.59 Å². The molecular weight excluding hydrogens is 306 g/mol. The monoisotopic (exact) mass is 327 g/mol. The van der Waals surface area contributed by atoms with E-state index in [4.69, 9.17) is 9.84 Å². The van der Waals surface area contributed by atoms with Gasteiger partial charge in [-0.3, -0.25) is 9.59 Å². The number of carbonyl (C=O) groups is 2. The Balaban J connectivity index is 0.00000242. The van der Waals surface area contributed by atoms with Crippen LogP contribution in [0.1, 0.15) is 24.8 Å². The summed E-state index contributed by atoms with van der Waals surface area (Å²) in [7, 11) is 0. The van der Waals surface area contributed by atoms with Gasteiger partial charge in [0.2, 0.25) is 5.91 Å². The lowest BCUT2D eigenvalue weighted by Gasteiger charge is -2.15. The summed E-state index contributed by atoms with van der Waals surface area (Å²) >= 11 is 0. The molecule has 1 amide bonds. The van der Waals surface area contributed by atoms with Crippen LogP contribution in [0.25, 0.3) is 0 Å². The SMILES string of the molecule is Cc1cccc(OCCCC(=O)N2CCC(C(=O)O)C2)c1.Cl. The van der Waals surface area contributed by atoms with Crippen LogP contribution in [-0.4, -0.2) is 41.6 Å². The molecule has 0 radical (unpaired) electrons. The largest absolute Gasteiger partial charge is 0.494 e. The van der Waals surface area contributed by atoms with Crippen molar-refractivity contribution in [2.45, 2.75) is 26.2 Å². The van der Waals surface area contributed by atoms with Crippen molar-refractivity contribution >= 4 is 24.3 Å². The van der Waals surface area contributed by atoms with Crippen LogP contribution in [0.2, 0.25) is 0 Å². The van der Waals surface area contributed by atoms with Crippen molar-refractivity contribution in [3.63, 3.8) is 0 Å². The molecule has 0 aliphatic carbocycles. The number of amides is 1. The summed E-state index contributed by atoms with van der Waals surface area (Å²) < 4.78 is 5.59. The van der Waals surface area contributed by atoms with E-state index in [1.54, 1.807) is 4.90 Å². The summed E-state index contributed by atoms with van der Waals surface area (Å²) in [6.07, 6.45) is 1.60. The first-order valence-electron chi connectivity index (χ1n) is 7.26. The molecule has 122 valence electrons. The van der Waals surface area contributed by atoms with E-state index in [2.05, 4.69) is 0 Å². The Morgan fingerprint density at radius 1 is 1.41 bits per heavy atom. The lowest BCUT2D eigenvalue weighted by molar-refractivity contribution is -0.141. The molecule has 5 nitrogen and oxygen atoms in total. The molecule has 1 aromatic carbocycles.